The Balaban J connectivity index is 0.00000144. The second-order valence-electron chi connectivity index (χ2n) is 3.40. The fourth-order valence-corrected chi connectivity index (χ4v) is 1.75. The van der Waals surface area contributed by atoms with Crippen molar-refractivity contribution in [1.82, 2.24) is 0 Å². The number of hydrogen-bond acceptors (Lipinski definition) is 2. The first-order chi connectivity index (χ1) is 7.74. The average Bonchev–Trinajstić information content (AvgIpc) is 2.28. The quantitative estimate of drug-likeness (QED) is 0.911. The van der Waals surface area contributed by atoms with E-state index in [0.717, 1.165) is 5.39 Å². The van der Waals surface area contributed by atoms with E-state index in [1.165, 1.54) is 0 Å². The van der Waals surface area contributed by atoms with Gasteiger partial charge in [0, 0.05) is 0 Å². The Morgan fingerprint density at radius 1 is 1.24 bits per heavy atom. The standard InChI is InChI=1S/C13H12O3.ClH/c1-2-16-11-8-7-9-5-3-4-6-10(9)12(11)13(14)15;/h3-8H,2H2,1H3,(H,14,15);1H. The highest BCUT2D eigenvalue weighted by atomic mass is 35.5. The number of hydrogen-bond donors (Lipinski definition) is 1. The predicted octanol–water partition coefficient (Wildman–Crippen LogP) is 3.36. The number of carboxylic acid groups (broad SMARTS) is 1. The number of carboxylic acids is 1. The summed E-state index contributed by atoms with van der Waals surface area (Å²) in [6.07, 6.45) is 0. The topological polar surface area (TPSA) is 46.5 Å². The fraction of sp³-hybridized carbons (Fsp3) is 0.154. The van der Waals surface area contributed by atoms with Gasteiger partial charge in [-0.3, -0.25) is 0 Å². The van der Waals surface area contributed by atoms with Crippen molar-refractivity contribution < 1.29 is 14.6 Å². The molecule has 2 rings (SSSR count). The number of carbonyl (C=O) groups is 1. The van der Waals surface area contributed by atoms with Gasteiger partial charge in [0.25, 0.3) is 0 Å². The van der Waals surface area contributed by atoms with E-state index < -0.39 is 5.97 Å². The van der Waals surface area contributed by atoms with Gasteiger partial charge in [0.05, 0.1) is 6.61 Å². The molecule has 17 heavy (non-hydrogen) atoms. The van der Waals surface area contributed by atoms with Crippen LogP contribution in [0.25, 0.3) is 10.8 Å². The van der Waals surface area contributed by atoms with E-state index in [1.54, 1.807) is 12.1 Å². The summed E-state index contributed by atoms with van der Waals surface area (Å²) in [6, 6.07) is 11.0. The Labute approximate surface area is 105 Å². The molecular formula is C13H13ClO3. The minimum atomic E-state index is -0.958. The molecule has 2 aromatic carbocycles. The fourth-order valence-electron chi connectivity index (χ4n) is 1.75. The van der Waals surface area contributed by atoms with Crippen molar-refractivity contribution in [1.29, 1.82) is 0 Å². The second-order valence-corrected chi connectivity index (χ2v) is 3.40. The average molecular weight is 253 g/mol. The van der Waals surface area contributed by atoms with Crippen LogP contribution in [0.15, 0.2) is 36.4 Å². The lowest BCUT2D eigenvalue weighted by molar-refractivity contribution is 0.0695. The van der Waals surface area contributed by atoms with Crippen LogP contribution in [0.5, 0.6) is 5.75 Å². The van der Waals surface area contributed by atoms with Crippen LogP contribution in [-0.4, -0.2) is 17.7 Å². The number of aromatic carboxylic acids is 1. The van der Waals surface area contributed by atoms with Gasteiger partial charge in [-0.15, -0.1) is 12.4 Å². The van der Waals surface area contributed by atoms with E-state index in [-0.39, 0.29) is 18.0 Å². The van der Waals surface area contributed by atoms with E-state index in [9.17, 15) is 9.90 Å². The molecule has 0 aromatic heterocycles. The molecule has 0 saturated heterocycles. The van der Waals surface area contributed by atoms with Gasteiger partial charge < -0.3 is 9.84 Å². The molecule has 3 nitrogen and oxygen atoms in total. The summed E-state index contributed by atoms with van der Waals surface area (Å²) >= 11 is 0. The van der Waals surface area contributed by atoms with E-state index in [2.05, 4.69) is 0 Å². The first kappa shape index (κ1) is 13.3. The molecule has 1 N–H and O–H groups in total. The molecule has 0 atom stereocenters. The predicted molar refractivity (Wildman–Crippen MR) is 69.3 cm³/mol. The van der Waals surface area contributed by atoms with Gasteiger partial charge in [0.2, 0.25) is 0 Å². The minimum absolute atomic E-state index is 0. The van der Waals surface area contributed by atoms with Crippen LogP contribution >= 0.6 is 12.4 Å². The zero-order valence-corrected chi connectivity index (χ0v) is 10.2. The maximum Gasteiger partial charge on any atom is 0.340 e. The third kappa shape index (κ3) is 2.50. The zero-order valence-electron chi connectivity index (χ0n) is 9.34. The minimum Gasteiger partial charge on any atom is -0.493 e. The SMILES string of the molecule is CCOc1ccc2ccccc2c1C(=O)O.Cl. The molecule has 0 amide bonds. The molecular weight excluding hydrogens is 240 g/mol. The smallest absolute Gasteiger partial charge is 0.340 e. The number of rotatable bonds is 3. The van der Waals surface area contributed by atoms with Crippen LogP contribution in [-0.2, 0) is 0 Å². The molecule has 0 spiro atoms. The maximum absolute atomic E-state index is 11.2. The van der Waals surface area contributed by atoms with Crippen molar-refractivity contribution in [2.45, 2.75) is 6.92 Å². The molecule has 0 fully saturated rings. The first-order valence-electron chi connectivity index (χ1n) is 5.12. The van der Waals surface area contributed by atoms with E-state index in [1.807, 2.05) is 31.2 Å². The van der Waals surface area contributed by atoms with Crippen LogP contribution in [0.2, 0.25) is 0 Å². The van der Waals surface area contributed by atoms with Crippen LogP contribution in [0.1, 0.15) is 17.3 Å². The largest absolute Gasteiger partial charge is 0.493 e. The van der Waals surface area contributed by atoms with Gasteiger partial charge >= 0.3 is 5.97 Å². The van der Waals surface area contributed by atoms with Gasteiger partial charge in [-0.2, -0.15) is 0 Å². The number of benzene rings is 2. The van der Waals surface area contributed by atoms with Crippen molar-refractivity contribution in [3.63, 3.8) is 0 Å². The summed E-state index contributed by atoms with van der Waals surface area (Å²) in [5.74, 6) is -0.533. The Morgan fingerprint density at radius 3 is 2.59 bits per heavy atom. The summed E-state index contributed by atoms with van der Waals surface area (Å²) in [5.41, 5.74) is 0.236. The Hall–Kier alpha value is -1.74. The summed E-state index contributed by atoms with van der Waals surface area (Å²) < 4.78 is 5.33. The van der Waals surface area contributed by atoms with Gasteiger partial charge in [-0.1, -0.05) is 30.3 Å². The van der Waals surface area contributed by atoms with Crippen molar-refractivity contribution >= 4 is 29.1 Å². The van der Waals surface area contributed by atoms with Crippen LogP contribution in [0.4, 0.5) is 0 Å². The highest BCUT2D eigenvalue weighted by Gasteiger charge is 2.14. The van der Waals surface area contributed by atoms with Crippen LogP contribution in [0.3, 0.4) is 0 Å². The Kier molecular flexibility index (Phi) is 4.35. The molecule has 4 heteroatoms. The van der Waals surface area contributed by atoms with Gasteiger partial charge in [-0.25, -0.2) is 4.79 Å². The third-order valence-electron chi connectivity index (χ3n) is 2.40. The van der Waals surface area contributed by atoms with Crippen LogP contribution < -0.4 is 4.74 Å². The molecule has 0 bridgehead atoms. The lowest BCUT2D eigenvalue weighted by Gasteiger charge is -2.09. The molecule has 0 radical (unpaired) electrons. The molecule has 0 aliphatic heterocycles. The molecule has 0 saturated carbocycles. The van der Waals surface area contributed by atoms with Crippen molar-refractivity contribution in [2.75, 3.05) is 6.61 Å². The summed E-state index contributed by atoms with van der Waals surface area (Å²) in [5, 5.41) is 10.8. The lowest BCUT2D eigenvalue weighted by atomic mass is 10.0. The second kappa shape index (κ2) is 5.55. The van der Waals surface area contributed by atoms with E-state index in [0.29, 0.717) is 17.7 Å². The Morgan fingerprint density at radius 2 is 1.94 bits per heavy atom. The van der Waals surface area contributed by atoms with Crippen molar-refractivity contribution in [3.8, 4) is 5.75 Å². The maximum atomic E-state index is 11.2. The monoisotopic (exact) mass is 252 g/mol. The van der Waals surface area contributed by atoms with Crippen molar-refractivity contribution in [2.24, 2.45) is 0 Å². The number of fused-ring (bicyclic) bond motifs is 1. The molecule has 2 aromatic rings. The van der Waals surface area contributed by atoms with Gasteiger partial charge in [-0.05, 0) is 23.8 Å². The van der Waals surface area contributed by atoms with Gasteiger partial charge in [0.15, 0.2) is 0 Å². The third-order valence-corrected chi connectivity index (χ3v) is 2.40. The Bertz CT molecular complexity index is 537. The van der Waals surface area contributed by atoms with Crippen molar-refractivity contribution in [3.05, 3.63) is 42.0 Å². The molecule has 0 aliphatic carbocycles. The summed E-state index contributed by atoms with van der Waals surface area (Å²) in [6.45, 7) is 2.29. The molecule has 0 unspecified atom stereocenters. The van der Waals surface area contributed by atoms with E-state index >= 15 is 0 Å². The molecule has 90 valence electrons. The lowest BCUT2D eigenvalue weighted by Crippen LogP contribution is -2.03. The highest BCUT2D eigenvalue weighted by Crippen LogP contribution is 2.27. The first-order valence-corrected chi connectivity index (χ1v) is 5.12. The highest BCUT2D eigenvalue weighted by molar-refractivity contribution is 6.06. The summed E-state index contributed by atoms with van der Waals surface area (Å²) in [4.78, 5) is 11.2. The molecule has 0 aliphatic rings. The van der Waals surface area contributed by atoms with Crippen LogP contribution in [0, 0.1) is 0 Å². The summed E-state index contributed by atoms with van der Waals surface area (Å²) in [7, 11) is 0. The van der Waals surface area contributed by atoms with E-state index in [4.69, 9.17) is 4.74 Å². The van der Waals surface area contributed by atoms with Gasteiger partial charge in [0.1, 0.15) is 11.3 Å². The number of ether oxygens (including phenoxy) is 1. The normalized spacial score (nSPS) is 9.71. The number of halogens is 1. The zero-order chi connectivity index (χ0) is 11.5. The molecule has 0 heterocycles.